The molecule has 1 atom stereocenters. The molecule has 1 N–H and O–H groups in total. The minimum Gasteiger partial charge on any atom is -0.307 e. The summed E-state index contributed by atoms with van der Waals surface area (Å²) in [5.74, 6) is 0.161. The highest BCUT2D eigenvalue weighted by Crippen LogP contribution is 2.26. The Bertz CT molecular complexity index is 390. The van der Waals surface area contributed by atoms with Crippen LogP contribution in [0.5, 0.6) is 0 Å². The first-order valence-electron chi connectivity index (χ1n) is 6.10. The number of Topliss-reactive ketones (excluding diaryl/α,β-unsaturated/α-hetero) is 1. The fourth-order valence-electron chi connectivity index (χ4n) is 2.13. The van der Waals surface area contributed by atoms with Gasteiger partial charge in [0.2, 0.25) is 0 Å². The molecule has 0 fully saturated rings. The van der Waals surface area contributed by atoms with Crippen molar-refractivity contribution in [2.45, 2.75) is 40.2 Å². The van der Waals surface area contributed by atoms with E-state index in [1.54, 1.807) is 6.92 Å². The van der Waals surface area contributed by atoms with Crippen LogP contribution in [-0.4, -0.2) is 12.8 Å². The molecular formula is C15H23NO. The van der Waals surface area contributed by atoms with Crippen molar-refractivity contribution in [1.29, 1.82) is 0 Å². The predicted octanol–water partition coefficient (Wildman–Crippen LogP) is 3.12. The average molecular weight is 233 g/mol. The monoisotopic (exact) mass is 233 g/mol. The second kappa shape index (κ2) is 5.46. The third-order valence-electron chi connectivity index (χ3n) is 2.78. The van der Waals surface area contributed by atoms with Crippen LogP contribution in [0, 0.1) is 5.41 Å². The van der Waals surface area contributed by atoms with Crippen LogP contribution in [0.2, 0.25) is 0 Å². The Kier molecular flexibility index (Phi) is 4.47. The van der Waals surface area contributed by atoms with E-state index in [2.05, 4.69) is 32.2 Å². The fourth-order valence-corrected chi connectivity index (χ4v) is 2.13. The third kappa shape index (κ3) is 3.97. The van der Waals surface area contributed by atoms with Crippen molar-refractivity contribution >= 4 is 5.78 Å². The lowest BCUT2D eigenvalue weighted by Gasteiger charge is -2.23. The van der Waals surface area contributed by atoms with Gasteiger partial charge in [-0.05, 0) is 36.9 Å². The summed E-state index contributed by atoms with van der Waals surface area (Å²) in [7, 11) is 1.83. The van der Waals surface area contributed by atoms with Gasteiger partial charge < -0.3 is 5.32 Å². The Labute approximate surface area is 104 Å². The Morgan fingerprint density at radius 1 is 1.29 bits per heavy atom. The molecule has 0 saturated heterocycles. The molecular weight excluding hydrogens is 210 g/mol. The number of hydrogen-bond donors (Lipinski definition) is 1. The molecule has 0 aliphatic heterocycles. The summed E-state index contributed by atoms with van der Waals surface area (Å²) in [6, 6.07) is 8.01. The zero-order valence-electron chi connectivity index (χ0n) is 11.5. The smallest absolute Gasteiger partial charge is 0.151 e. The Hall–Kier alpha value is -1.15. The molecule has 1 aromatic rings. The lowest BCUT2D eigenvalue weighted by atomic mass is 9.84. The van der Waals surface area contributed by atoms with E-state index in [1.165, 1.54) is 5.56 Å². The maximum Gasteiger partial charge on any atom is 0.151 e. The summed E-state index contributed by atoms with van der Waals surface area (Å²) in [6.45, 7) is 8.28. The van der Waals surface area contributed by atoms with Crippen LogP contribution in [0.1, 0.15) is 44.9 Å². The van der Waals surface area contributed by atoms with Crippen molar-refractivity contribution in [3.8, 4) is 0 Å². The lowest BCUT2D eigenvalue weighted by Crippen LogP contribution is -2.25. The van der Waals surface area contributed by atoms with Crippen molar-refractivity contribution in [2.24, 2.45) is 5.41 Å². The number of benzene rings is 1. The number of nitrogens with one attached hydrogen (secondary N) is 1. The molecule has 0 bridgehead atoms. The quantitative estimate of drug-likeness (QED) is 0.865. The highest BCUT2D eigenvalue weighted by Gasteiger charge is 2.20. The van der Waals surface area contributed by atoms with Gasteiger partial charge in [-0.15, -0.1) is 0 Å². The molecule has 0 aromatic heterocycles. The molecule has 0 saturated carbocycles. The molecule has 0 aliphatic carbocycles. The number of ketones is 1. The molecule has 0 heterocycles. The van der Waals surface area contributed by atoms with E-state index in [1.807, 2.05) is 25.2 Å². The van der Waals surface area contributed by atoms with Gasteiger partial charge in [-0.1, -0.05) is 45.0 Å². The van der Waals surface area contributed by atoms with Gasteiger partial charge in [-0.25, -0.2) is 0 Å². The summed E-state index contributed by atoms with van der Waals surface area (Å²) < 4.78 is 0. The molecule has 0 aliphatic rings. The van der Waals surface area contributed by atoms with E-state index in [0.29, 0.717) is 0 Å². The van der Waals surface area contributed by atoms with Crippen LogP contribution >= 0.6 is 0 Å². The largest absolute Gasteiger partial charge is 0.307 e. The summed E-state index contributed by atoms with van der Waals surface area (Å²) in [6.07, 6.45) is 0.981. The lowest BCUT2D eigenvalue weighted by molar-refractivity contribution is -0.119. The highest BCUT2D eigenvalue weighted by molar-refractivity contribution is 5.83. The Morgan fingerprint density at radius 3 is 2.35 bits per heavy atom. The minimum absolute atomic E-state index is 0.161. The van der Waals surface area contributed by atoms with E-state index < -0.39 is 0 Å². The number of carbonyl (C=O) groups excluding carboxylic acids is 1. The highest BCUT2D eigenvalue weighted by atomic mass is 16.1. The van der Waals surface area contributed by atoms with Crippen molar-refractivity contribution in [2.75, 3.05) is 7.05 Å². The Balaban J connectivity index is 3.11. The second-order valence-electron chi connectivity index (χ2n) is 5.77. The molecule has 1 aromatic carbocycles. The molecule has 0 spiro atoms. The fraction of sp³-hybridized carbons (Fsp3) is 0.533. The summed E-state index contributed by atoms with van der Waals surface area (Å²) >= 11 is 0. The van der Waals surface area contributed by atoms with Crippen molar-refractivity contribution in [3.05, 3.63) is 35.4 Å². The van der Waals surface area contributed by atoms with Crippen LogP contribution in [0.15, 0.2) is 24.3 Å². The van der Waals surface area contributed by atoms with Gasteiger partial charge in [0.1, 0.15) is 0 Å². The molecule has 2 nitrogen and oxygen atoms in total. The van der Waals surface area contributed by atoms with E-state index in [4.69, 9.17) is 0 Å². The summed E-state index contributed by atoms with van der Waals surface area (Å²) in [5, 5.41) is 3.09. The summed E-state index contributed by atoms with van der Waals surface area (Å²) in [4.78, 5) is 11.6. The van der Waals surface area contributed by atoms with Gasteiger partial charge in [0, 0.05) is 0 Å². The first-order chi connectivity index (χ1) is 7.85. The number of rotatable bonds is 4. The van der Waals surface area contributed by atoms with Crippen LogP contribution in [0.3, 0.4) is 0 Å². The maximum atomic E-state index is 11.6. The van der Waals surface area contributed by atoms with Crippen molar-refractivity contribution in [3.63, 3.8) is 0 Å². The number of likely N-dealkylation sites (N-methyl/N-ethyl adjacent to an activating group) is 1. The SMILES string of the molecule is CNC(C(C)=O)c1ccccc1CC(C)(C)C. The van der Waals surface area contributed by atoms with Gasteiger partial charge in [-0.3, -0.25) is 4.79 Å². The first kappa shape index (κ1) is 13.9. The molecule has 0 amide bonds. The van der Waals surface area contributed by atoms with E-state index in [-0.39, 0.29) is 17.2 Å². The normalized spacial score (nSPS) is 13.5. The van der Waals surface area contributed by atoms with Gasteiger partial charge >= 0.3 is 0 Å². The van der Waals surface area contributed by atoms with E-state index in [9.17, 15) is 4.79 Å². The van der Waals surface area contributed by atoms with Gasteiger partial charge in [0.25, 0.3) is 0 Å². The van der Waals surface area contributed by atoms with E-state index >= 15 is 0 Å². The summed E-state index contributed by atoms with van der Waals surface area (Å²) in [5.41, 5.74) is 2.59. The predicted molar refractivity (Wildman–Crippen MR) is 72.1 cm³/mol. The molecule has 94 valence electrons. The maximum absolute atomic E-state index is 11.6. The van der Waals surface area contributed by atoms with Crippen LogP contribution < -0.4 is 5.32 Å². The molecule has 0 radical (unpaired) electrons. The minimum atomic E-state index is -0.187. The standard InChI is InChI=1S/C15H23NO/c1-11(17)14(16-5)13-9-7-6-8-12(13)10-15(2,3)4/h6-9,14,16H,10H2,1-5H3. The Morgan fingerprint density at radius 2 is 1.88 bits per heavy atom. The molecule has 1 unspecified atom stereocenters. The molecule has 1 rings (SSSR count). The van der Waals surface area contributed by atoms with Crippen LogP contribution in [0.4, 0.5) is 0 Å². The van der Waals surface area contributed by atoms with Crippen molar-refractivity contribution in [1.82, 2.24) is 5.32 Å². The molecule has 2 heteroatoms. The van der Waals surface area contributed by atoms with Crippen LogP contribution in [-0.2, 0) is 11.2 Å². The van der Waals surface area contributed by atoms with Crippen LogP contribution in [0.25, 0.3) is 0 Å². The number of carbonyl (C=O) groups is 1. The van der Waals surface area contributed by atoms with Gasteiger partial charge in [-0.2, -0.15) is 0 Å². The zero-order valence-corrected chi connectivity index (χ0v) is 11.5. The van der Waals surface area contributed by atoms with Gasteiger partial charge in [0.15, 0.2) is 5.78 Å². The second-order valence-corrected chi connectivity index (χ2v) is 5.77. The topological polar surface area (TPSA) is 29.1 Å². The first-order valence-corrected chi connectivity index (χ1v) is 6.10. The van der Waals surface area contributed by atoms with E-state index in [0.717, 1.165) is 12.0 Å². The third-order valence-corrected chi connectivity index (χ3v) is 2.78. The zero-order chi connectivity index (χ0) is 13.1. The van der Waals surface area contributed by atoms with Crippen molar-refractivity contribution < 1.29 is 4.79 Å². The molecule has 17 heavy (non-hydrogen) atoms. The van der Waals surface area contributed by atoms with Gasteiger partial charge in [0.05, 0.1) is 6.04 Å². The average Bonchev–Trinajstić information content (AvgIpc) is 2.18. The number of hydrogen-bond acceptors (Lipinski definition) is 2.